The van der Waals surface area contributed by atoms with E-state index in [2.05, 4.69) is 18.7 Å². The molecule has 16 heavy (non-hydrogen) atoms. The van der Waals surface area contributed by atoms with Crippen molar-refractivity contribution >= 4 is 0 Å². The molecule has 0 amide bonds. The van der Waals surface area contributed by atoms with Gasteiger partial charge in [-0.05, 0) is 30.7 Å². The fourth-order valence-electron chi connectivity index (χ4n) is 2.82. The van der Waals surface area contributed by atoms with Crippen molar-refractivity contribution in [2.75, 3.05) is 19.6 Å². The molecular formula is C15H33N. The Kier molecular flexibility index (Phi) is 8.09. The van der Waals surface area contributed by atoms with E-state index in [0.29, 0.717) is 0 Å². The van der Waals surface area contributed by atoms with Gasteiger partial charge in [0.25, 0.3) is 0 Å². The highest BCUT2D eigenvalue weighted by Gasteiger charge is 2.43. The van der Waals surface area contributed by atoms with Crippen LogP contribution < -0.4 is 0 Å². The van der Waals surface area contributed by atoms with Crippen molar-refractivity contribution in [1.29, 1.82) is 0 Å². The lowest BCUT2D eigenvalue weighted by molar-refractivity contribution is -0.0328. The zero-order valence-corrected chi connectivity index (χ0v) is 12.5. The molecule has 1 nitrogen and oxygen atoms in total. The summed E-state index contributed by atoms with van der Waals surface area (Å²) in [5.41, 5.74) is 0.780. The van der Waals surface area contributed by atoms with Gasteiger partial charge in [-0.15, -0.1) is 0 Å². The minimum atomic E-state index is 0.780. The third-order valence-electron chi connectivity index (χ3n) is 3.90. The van der Waals surface area contributed by atoms with Crippen LogP contribution in [0.3, 0.4) is 0 Å². The van der Waals surface area contributed by atoms with Gasteiger partial charge in [-0.25, -0.2) is 0 Å². The lowest BCUT2D eigenvalue weighted by Crippen LogP contribution is -2.57. The smallest absolute Gasteiger partial charge is 0.00504 e. The van der Waals surface area contributed by atoms with E-state index >= 15 is 0 Å². The van der Waals surface area contributed by atoms with Crippen LogP contribution in [0.4, 0.5) is 0 Å². The average Bonchev–Trinajstić information content (AvgIpc) is 2.33. The third kappa shape index (κ3) is 4.08. The highest BCUT2D eigenvalue weighted by atomic mass is 15.2. The number of nitrogens with zero attached hydrogens (tertiary/aromatic N) is 1. The van der Waals surface area contributed by atoms with Gasteiger partial charge in [0.15, 0.2) is 0 Å². The number of likely N-dealkylation sites (tertiary alicyclic amines) is 1. The zero-order chi connectivity index (χ0) is 12.6. The third-order valence-corrected chi connectivity index (χ3v) is 3.90. The molecule has 1 heteroatoms. The van der Waals surface area contributed by atoms with Crippen LogP contribution >= 0.6 is 0 Å². The molecule has 0 N–H and O–H groups in total. The predicted molar refractivity (Wildman–Crippen MR) is 74.9 cm³/mol. The van der Waals surface area contributed by atoms with E-state index in [1.165, 1.54) is 45.3 Å². The second-order valence-corrected chi connectivity index (χ2v) is 4.99. The maximum atomic E-state index is 2.58. The lowest BCUT2D eigenvalue weighted by atomic mass is 9.66. The average molecular weight is 227 g/mol. The molecule has 2 fully saturated rings. The Labute approximate surface area is 104 Å². The van der Waals surface area contributed by atoms with Gasteiger partial charge >= 0.3 is 0 Å². The van der Waals surface area contributed by atoms with Crippen molar-refractivity contribution < 1.29 is 0 Å². The molecule has 1 spiro atoms. The SMILES string of the molecule is CC.CC.CCN1CC2(CCC(C)CC2)C1. The van der Waals surface area contributed by atoms with Gasteiger partial charge in [-0.1, -0.05) is 54.4 Å². The largest absolute Gasteiger partial charge is 0.302 e. The first-order valence-electron chi connectivity index (χ1n) is 7.46. The summed E-state index contributed by atoms with van der Waals surface area (Å²) in [7, 11) is 0. The molecule has 0 aromatic rings. The molecule has 1 saturated heterocycles. The highest BCUT2D eigenvalue weighted by molar-refractivity contribution is 4.96. The van der Waals surface area contributed by atoms with Gasteiger partial charge in [0.2, 0.25) is 0 Å². The second kappa shape index (κ2) is 8.11. The zero-order valence-electron chi connectivity index (χ0n) is 12.5. The fourth-order valence-corrected chi connectivity index (χ4v) is 2.82. The van der Waals surface area contributed by atoms with Crippen LogP contribution in [0, 0.1) is 11.3 Å². The van der Waals surface area contributed by atoms with Gasteiger partial charge in [0.05, 0.1) is 0 Å². The summed E-state index contributed by atoms with van der Waals surface area (Å²) in [5.74, 6) is 1.01. The van der Waals surface area contributed by atoms with Crippen molar-refractivity contribution in [2.24, 2.45) is 11.3 Å². The van der Waals surface area contributed by atoms with E-state index in [0.717, 1.165) is 11.3 Å². The summed E-state index contributed by atoms with van der Waals surface area (Å²) in [5, 5.41) is 0. The molecule has 98 valence electrons. The normalized spacial score (nSPS) is 23.6. The topological polar surface area (TPSA) is 3.24 Å². The molecule has 0 unspecified atom stereocenters. The Morgan fingerprint density at radius 2 is 1.44 bits per heavy atom. The van der Waals surface area contributed by atoms with Gasteiger partial charge in [0.1, 0.15) is 0 Å². The molecule has 2 aliphatic rings. The molecule has 1 saturated carbocycles. The minimum absolute atomic E-state index is 0.780. The lowest BCUT2D eigenvalue weighted by Gasteiger charge is -2.53. The number of hydrogen-bond donors (Lipinski definition) is 0. The van der Waals surface area contributed by atoms with Crippen LogP contribution in [-0.4, -0.2) is 24.5 Å². The molecular weight excluding hydrogens is 194 g/mol. The van der Waals surface area contributed by atoms with Gasteiger partial charge in [-0.3, -0.25) is 0 Å². The van der Waals surface area contributed by atoms with Crippen LogP contribution in [0.2, 0.25) is 0 Å². The Morgan fingerprint density at radius 3 is 1.81 bits per heavy atom. The summed E-state index contributed by atoms with van der Waals surface area (Å²) in [6.07, 6.45) is 5.98. The maximum Gasteiger partial charge on any atom is 0.00504 e. The van der Waals surface area contributed by atoms with Gasteiger partial charge in [0, 0.05) is 13.1 Å². The maximum absolute atomic E-state index is 2.58. The quantitative estimate of drug-likeness (QED) is 0.634. The molecule has 1 aliphatic heterocycles. The summed E-state index contributed by atoms with van der Waals surface area (Å²) in [6.45, 7) is 16.7. The Bertz CT molecular complexity index is 141. The second-order valence-electron chi connectivity index (χ2n) is 4.99. The Hall–Kier alpha value is -0.0400. The molecule has 0 bridgehead atoms. The molecule has 0 atom stereocenters. The molecule has 0 aromatic carbocycles. The van der Waals surface area contributed by atoms with Crippen molar-refractivity contribution in [3.05, 3.63) is 0 Å². The predicted octanol–water partition coefficient (Wildman–Crippen LogP) is 4.57. The highest BCUT2D eigenvalue weighted by Crippen LogP contribution is 2.45. The Balaban J connectivity index is 0.000000509. The first-order chi connectivity index (χ1) is 7.74. The summed E-state index contributed by atoms with van der Waals surface area (Å²) in [4.78, 5) is 2.58. The van der Waals surface area contributed by atoms with Crippen LogP contribution in [0.5, 0.6) is 0 Å². The summed E-state index contributed by atoms with van der Waals surface area (Å²) < 4.78 is 0. The van der Waals surface area contributed by atoms with Gasteiger partial charge in [-0.2, -0.15) is 0 Å². The summed E-state index contributed by atoms with van der Waals surface area (Å²) in [6, 6.07) is 0. The number of rotatable bonds is 1. The first kappa shape index (κ1) is 16.0. The Morgan fingerprint density at radius 1 is 1.00 bits per heavy atom. The van der Waals surface area contributed by atoms with E-state index in [4.69, 9.17) is 0 Å². The minimum Gasteiger partial charge on any atom is -0.302 e. The molecule has 0 radical (unpaired) electrons. The number of hydrogen-bond acceptors (Lipinski definition) is 1. The van der Waals surface area contributed by atoms with Crippen molar-refractivity contribution in [3.8, 4) is 0 Å². The van der Waals surface area contributed by atoms with E-state index < -0.39 is 0 Å². The van der Waals surface area contributed by atoms with Crippen molar-refractivity contribution in [3.63, 3.8) is 0 Å². The standard InChI is InChI=1S/C11H21N.2C2H6/c1-3-12-8-11(9-12)6-4-10(2)5-7-11;2*1-2/h10H,3-9H2,1-2H3;2*1-2H3. The van der Waals surface area contributed by atoms with E-state index in [1.54, 1.807) is 0 Å². The molecule has 2 rings (SSSR count). The summed E-state index contributed by atoms with van der Waals surface area (Å²) >= 11 is 0. The molecule has 0 aromatic heterocycles. The fraction of sp³-hybridized carbons (Fsp3) is 1.00. The van der Waals surface area contributed by atoms with Crippen molar-refractivity contribution in [2.45, 2.75) is 67.2 Å². The van der Waals surface area contributed by atoms with E-state index in [-0.39, 0.29) is 0 Å². The van der Waals surface area contributed by atoms with E-state index in [1.807, 2.05) is 27.7 Å². The van der Waals surface area contributed by atoms with E-state index in [9.17, 15) is 0 Å². The van der Waals surface area contributed by atoms with Crippen LogP contribution in [-0.2, 0) is 0 Å². The van der Waals surface area contributed by atoms with Crippen LogP contribution in [0.15, 0.2) is 0 Å². The molecule has 1 heterocycles. The van der Waals surface area contributed by atoms with Gasteiger partial charge < -0.3 is 4.90 Å². The van der Waals surface area contributed by atoms with Crippen molar-refractivity contribution in [1.82, 2.24) is 4.90 Å². The first-order valence-corrected chi connectivity index (χ1v) is 7.46. The van der Waals surface area contributed by atoms with Crippen LogP contribution in [0.25, 0.3) is 0 Å². The molecule has 1 aliphatic carbocycles. The van der Waals surface area contributed by atoms with Crippen LogP contribution in [0.1, 0.15) is 67.2 Å². The monoisotopic (exact) mass is 227 g/mol.